The third-order valence-electron chi connectivity index (χ3n) is 4.85. The van der Waals surface area contributed by atoms with E-state index in [9.17, 15) is 0 Å². The number of nitrogens with one attached hydrogen (secondary N) is 1. The molecule has 1 N–H and O–H groups in total. The molecule has 2 nitrogen and oxygen atoms in total. The van der Waals surface area contributed by atoms with Crippen LogP contribution < -0.4 is 10.2 Å². The number of anilines is 1. The number of nitrogens with zero attached hydrogens (tertiary/aromatic N) is 1. The Labute approximate surface area is 137 Å². The summed E-state index contributed by atoms with van der Waals surface area (Å²) in [6.07, 6.45) is 8.17. The first-order valence-corrected chi connectivity index (χ1v) is 9.32. The maximum atomic E-state index is 3.66. The Morgan fingerprint density at radius 2 is 1.95 bits per heavy atom. The lowest BCUT2D eigenvalue weighted by atomic mass is 9.92. The van der Waals surface area contributed by atoms with E-state index in [1.165, 1.54) is 67.3 Å². The van der Waals surface area contributed by atoms with Gasteiger partial charge < -0.3 is 10.2 Å². The van der Waals surface area contributed by atoms with Crippen molar-refractivity contribution in [2.24, 2.45) is 5.92 Å². The first kappa shape index (κ1) is 15.4. The minimum absolute atomic E-state index is 0.770. The molecule has 1 aliphatic heterocycles. The average molecular weight is 351 g/mol. The molecule has 1 aliphatic carbocycles. The van der Waals surface area contributed by atoms with Crippen LogP contribution in [0.5, 0.6) is 0 Å². The van der Waals surface area contributed by atoms with Crippen molar-refractivity contribution in [2.75, 3.05) is 18.0 Å². The molecule has 1 aromatic rings. The summed E-state index contributed by atoms with van der Waals surface area (Å²) >= 11 is 3.63. The smallest absolute Gasteiger partial charge is 0.0412 e. The van der Waals surface area contributed by atoms with Gasteiger partial charge in [-0.1, -0.05) is 35.7 Å². The minimum Gasteiger partial charge on any atom is -0.371 e. The van der Waals surface area contributed by atoms with Crippen molar-refractivity contribution < 1.29 is 0 Å². The second-order valence-corrected chi connectivity index (χ2v) is 7.56. The molecule has 0 aromatic heterocycles. The van der Waals surface area contributed by atoms with Crippen LogP contribution in [0.25, 0.3) is 0 Å². The summed E-state index contributed by atoms with van der Waals surface area (Å²) in [6, 6.07) is 7.55. The number of hydrogen-bond donors (Lipinski definition) is 1. The van der Waals surface area contributed by atoms with Gasteiger partial charge in [0.25, 0.3) is 0 Å². The van der Waals surface area contributed by atoms with E-state index in [1.54, 1.807) is 0 Å². The molecule has 0 amide bonds. The van der Waals surface area contributed by atoms with E-state index in [4.69, 9.17) is 0 Å². The molecule has 0 bridgehead atoms. The second-order valence-electron chi connectivity index (χ2n) is 6.65. The topological polar surface area (TPSA) is 15.3 Å². The summed E-state index contributed by atoms with van der Waals surface area (Å²) in [5.74, 6) is 0.953. The van der Waals surface area contributed by atoms with E-state index in [0.29, 0.717) is 0 Å². The minimum atomic E-state index is 0.770. The molecule has 1 saturated carbocycles. The molecule has 3 heteroatoms. The normalized spacial score (nSPS) is 20.0. The molecular weight excluding hydrogens is 324 g/mol. The Balaban J connectivity index is 1.66. The zero-order valence-corrected chi connectivity index (χ0v) is 14.7. The van der Waals surface area contributed by atoms with E-state index in [2.05, 4.69) is 51.3 Å². The van der Waals surface area contributed by atoms with Crippen molar-refractivity contribution in [1.82, 2.24) is 5.32 Å². The molecule has 1 aromatic carbocycles. The Bertz CT molecular complexity index is 462. The quantitative estimate of drug-likeness (QED) is 0.798. The summed E-state index contributed by atoms with van der Waals surface area (Å²) in [6.45, 7) is 5.77. The van der Waals surface area contributed by atoms with E-state index in [0.717, 1.165) is 18.5 Å². The molecule has 21 heavy (non-hydrogen) atoms. The summed E-state index contributed by atoms with van der Waals surface area (Å²) < 4.78 is 1.19. The number of piperidine rings is 1. The molecule has 1 saturated heterocycles. The summed E-state index contributed by atoms with van der Waals surface area (Å²) in [4.78, 5) is 2.60. The Hall–Kier alpha value is -0.540. The fourth-order valence-electron chi connectivity index (χ4n) is 3.42. The van der Waals surface area contributed by atoms with Crippen LogP contribution in [0.4, 0.5) is 5.69 Å². The zero-order chi connectivity index (χ0) is 14.7. The highest BCUT2D eigenvalue weighted by atomic mass is 79.9. The van der Waals surface area contributed by atoms with Crippen LogP contribution in [0.3, 0.4) is 0 Å². The Morgan fingerprint density at radius 3 is 2.62 bits per heavy atom. The van der Waals surface area contributed by atoms with E-state index in [-0.39, 0.29) is 0 Å². The first-order chi connectivity index (χ1) is 10.3. The van der Waals surface area contributed by atoms with Gasteiger partial charge in [0.15, 0.2) is 0 Å². The molecule has 3 rings (SSSR count). The van der Waals surface area contributed by atoms with Crippen LogP contribution in [-0.2, 0) is 6.54 Å². The molecule has 0 atom stereocenters. The van der Waals surface area contributed by atoms with Gasteiger partial charge in [-0.05, 0) is 55.4 Å². The lowest BCUT2D eigenvalue weighted by Gasteiger charge is -2.35. The molecule has 0 radical (unpaired) electrons. The van der Waals surface area contributed by atoms with E-state index >= 15 is 0 Å². The molecule has 1 heterocycles. The molecular formula is C18H27BrN2. The number of benzene rings is 1. The van der Waals surface area contributed by atoms with Crippen molar-refractivity contribution >= 4 is 21.6 Å². The van der Waals surface area contributed by atoms with Crippen molar-refractivity contribution in [3.63, 3.8) is 0 Å². The monoisotopic (exact) mass is 350 g/mol. The Morgan fingerprint density at radius 1 is 1.19 bits per heavy atom. The van der Waals surface area contributed by atoms with Crippen molar-refractivity contribution in [1.29, 1.82) is 0 Å². The van der Waals surface area contributed by atoms with E-state index in [1.807, 2.05) is 0 Å². The predicted molar refractivity (Wildman–Crippen MR) is 93.8 cm³/mol. The summed E-state index contributed by atoms with van der Waals surface area (Å²) in [7, 11) is 0. The largest absolute Gasteiger partial charge is 0.371 e. The summed E-state index contributed by atoms with van der Waals surface area (Å²) in [5.41, 5.74) is 2.89. The van der Waals surface area contributed by atoms with Gasteiger partial charge >= 0.3 is 0 Å². The van der Waals surface area contributed by atoms with Crippen molar-refractivity contribution in [3.05, 3.63) is 28.2 Å². The molecule has 0 unspecified atom stereocenters. The van der Waals surface area contributed by atoms with E-state index < -0.39 is 0 Å². The van der Waals surface area contributed by atoms with Gasteiger partial charge in [-0.3, -0.25) is 0 Å². The zero-order valence-electron chi connectivity index (χ0n) is 13.1. The highest BCUT2D eigenvalue weighted by Crippen LogP contribution is 2.30. The number of rotatable bonds is 6. The summed E-state index contributed by atoms with van der Waals surface area (Å²) in [5, 5.41) is 3.66. The van der Waals surface area contributed by atoms with Gasteiger partial charge in [0.2, 0.25) is 0 Å². The lowest BCUT2D eigenvalue weighted by molar-refractivity contribution is 0.378. The molecule has 0 spiro atoms. The van der Waals surface area contributed by atoms with Crippen LogP contribution in [-0.4, -0.2) is 19.1 Å². The number of hydrogen-bond acceptors (Lipinski definition) is 2. The lowest BCUT2D eigenvalue weighted by Crippen LogP contribution is -2.34. The molecule has 2 aliphatic rings. The predicted octanol–water partition coefficient (Wildman–Crippen LogP) is 4.72. The fourth-order valence-corrected chi connectivity index (χ4v) is 3.83. The third kappa shape index (κ3) is 4.23. The average Bonchev–Trinajstić information content (AvgIpc) is 3.31. The highest BCUT2D eigenvalue weighted by Gasteiger charge is 2.23. The van der Waals surface area contributed by atoms with Crippen LogP contribution in [0.2, 0.25) is 0 Å². The SMILES string of the molecule is CCCC1CCN(c2ccc(Br)cc2CNC2CC2)CC1. The van der Waals surface area contributed by atoms with Gasteiger partial charge in [-0.25, -0.2) is 0 Å². The molecule has 116 valence electrons. The second kappa shape index (κ2) is 7.15. The van der Waals surface area contributed by atoms with Crippen molar-refractivity contribution in [3.8, 4) is 0 Å². The highest BCUT2D eigenvalue weighted by molar-refractivity contribution is 9.10. The maximum Gasteiger partial charge on any atom is 0.0412 e. The van der Waals surface area contributed by atoms with Crippen LogP contribution in [0.15, 0.2) is 22.7 Å². The van der Waals surface area contributed by atoms with Gasteiger partial charge in [0.05, 0.1) is 0 Å². The van der Waals surface area contributed by atoms with Crippen LogP contribution in [0.1, 0.15) is 51.0 Å². The molecule has 2 fully saturated rings. The van der Waals surface area contributed by atoms with Crippen LogP contribution in [0, 0.1) is 5.92 Å². The number of halogens is 1. The standard InChI is InChI=1S/C18H27BrN2/c1-2-3-14-8-10-21(11-9-14)18-7-4-16(19)12-15(18)13-20-17-5-6-17/h4,7,12,14,17,20H,2-3,5-6,8-11,13H2,1H3. The van der Waals surface area contributed by atoms with Gasteiger partial charge in [-0.15, -0.1) is 0 Å². The fraction of sp³-hybridized carbons (Fsp3) is 0.667. The van der Waals surface area contributed by atoms with Gasteiger partial charge in [0.1, 0.15) is 0 Å². The third-order valence-corrected chi connectivity index (χ3v) is 5.35. The van der Waals surface area contributed by atoms with Crippen molar-refractivity contribution in [2.45, 2.75) is 58.0 Å². The van der Waals surface area contributed by atoms with Crippen LogP contribution >= 0.6 is 15.9 Å². The van der Waals surface area contributed by atoms with Gasteiger partial charge in [0, 0.05) is 35.8 Å². The maximum absolute atomic E-state index is 3.66. The van der Waals surface area contributed by atoms with Gasteiger partial charge in [-0.2, -0.15) is 0 Å². The Kier molecular flexibility index (Phi) is 5.23. The first-order valence-electron chi connectivity index (χ1n) is 8.53.